The van der Waals surface area contributed by atoms with Gasteiger partial charge in [-0.15, -0.1) is 0 Å². The zero-order valence-corrected chi connectivity index (χ0v) is 15.1. The molecule has 2 aromatic carbocycles. The molecule has 0 aliphatic carbocycles. The highest BCUT2D eigenvalue weighted by atomic mass is 16.5. The van der Waals surface area contributed by atoms with Crippen molar-refractivity contribution in [2.75, 3.05) is 0 Å². The molecule has 0 aliphatic rings. The standard InChI is InChI=1S/C19H19NO2.C2H2O4/c1-2-6-16(7-3-1)15-22-18-9-4-8-17(12-18)13-20-14-19-10-5-11-21-19;3-1(4)2(5)6/h1-12,20H,13-15H2;(H,3,4)(H,5,6). The second kappa shape index (κ2) is 11.2. The average molecular weight is 383 g/mol. The van der Waals surface area contributed by atoms with Crippen LogP contribution in [-0.4, -0.2) is 22.2 Å². The molecular formula is C21H21NO6. The van der Waals surface area contributed by atoms with Crippen LogP contribution in [-0.2, 0) is 29.3 Å². The minimum absolute atomic E-state index is 0.587. The fourth-order valence-corrected chi connectivity index (χ4v) is 2.23. The molecule has 7 heteroatoms. The van der Waals surface area contributed by atoms with E-state index in [1.807, 2.05) is 42.5 Å². The summed E-state index contributed by atoms with van der Waals surface area (Å²) in [5, 5.41) is 18.1. The maximum absolute atomic E-state index is 9.10. The van der Waals surface area contributed by atoms with Crippen LogP contribution in [0, 0.1) is 0 Å². The van der Waals surface area contributed by atoms with Crippen LogP contribution < -0.4 is 10.1 Å². The van der Waals surface area contributed by atoms with Crippen molar-refractivity contribution in [3.05, 3.63) is 89.9 Å². The maximum atomic E-state index is 9.10. The highest BCUT2D eigenvalue weighted by molar-refractivity contribution is 6.27. The van der Waals surface area contributed by atoms with E-state index in [2.05, 4.69) is 29.6 Å². The topological polar surface area (TPSA) is 109 Å². The number of hydrogen-bond donors (Lipinski definition) is 3. The lowest BCUT2D eigenvalue weighted by atomic mass is 10.2. The number of ether oxygens (including phenoxy) is 1. The number of hydrogen-bond acceptors (Lipinski definition) is 5. The van der Waals surface area contributed by atoms with Crippen molar-refractivity contribution in [3.8, 4) is 5.75 Å². The van der Waals surface area contributed by atoms with Gasteiger partial charge in [-0.1, -0.05) is 42.5 Å². The molecule has 0 spiro atoms. The molecule has 146 valence electrons. The Balaban J connectivity index is 0.000000409. The summed E-state index contributed by atoms with van der Waals surface area (Å²) in [7, 11) is 0. The normalized spacial score (nSPS) is 9.86. The number of carbonyl (C=O) groups is 2. The average Bonchev–Trinajstić information content (AvgIpc) is 3.21. The Hall–Kier alpha value is -3.58. The third-order valence-corrected chi connectivity index (χ3v) is 3.54. The van der Waals surface area contributed by atoms with Crippen molar-refractivity contribution >= 4 is 11.9 Å². The summed E-state index contributed by atoms with van der Waals surface area (Å²) < 4.78 is 11.1. The fourth-order valence-electron chi connectivity index (χ4n) is 2.23. The summed E-state index contributed by atoms with van der Waals surface area (Å²) in [4.78, 5) is 18.2. The molecule has 28 heavy (non-hydrogen) atoms. The van der Waals surface area contributed by atoms with Gasteiger partial charge < -0.3 is 24.7 Å². The van der Waals surface area contributed by atoms with E-state index in [1.54, 1.807) is 6.26 Å². The summed E-state index contributed by atoms with van der Waals surface area (Å²) in [5.74, 6) is -1.82. The van der Waals surface area contributed by atoms with E-state index >= 15 is 0 Å². The van der Waals surface area contributed by atoms with E-state index in [4.69, 9.17) is 29.0 Å². The van der Waals surface area contributed by atoms with Crippen LogP contribution in [0.1, 0.15) is 16.9 Å². The van der Waals surface area contributed by atoms with E-state index in [0.29, 0.717) is 6.61 Å². The minimum Gasteiger partial charge on any atom is -0.489 e. The lowest BCUT2D eigenvalue weighted by Gasteiger charge is -2.09. The Kier molecular flexibility index (Phi) is 8.29. The van der Waals surface area contributed by atoms with Crippen molar-refractivity contribution < 1.29 is 29.0 Å². The van der Waals surface area contributed by atoms with E-state index in [-0.39, 0.29) is 0 Å². The van der Waals surface area contributed by atoms with Gasteiger partial charge in [0.25, 0.3) is 0 Å². The van der Waals surface area contributed by atoms with E-state index in [0.717, 1.165) is 24.6 Å². The van der Waals surface area contributed by atoms with E-state index < -0.39 is 11.9 Å². The van der Waals surface area contributed by atoms with Gasteiger partial charge in [-0.25, -0.2) is 9.59 Å². The zero-order valence-electron chi connectivity index (χ0n) is 15.1. The molecule has 3 aromatic rings. The molecule has 3 rings (SSSR count). The molecule has 0 unspecified atom stereocenters. The van der Waals surface area contributed by atoms with E-state index in [1.165, 1.54) is 11.1 Å². The van der Waals surface area contributed by atoms with Gasteiger partial charge in [0.15, 0.2) is 0 Å². The molecule has 0 saturated carbocycles. The Morgan fingerprint density at radius 2 is 1.57 bits per heavy atom. The predicted molar refractivity (Wildman–Crippen MR) is 102 cm³/mol. The van der Waals surface area contributed by atoms with Crippen molar-refractivity contribution in [3.63, 3.8) is 0 Å². The smallest absolute Gasteiger partial charge is 0.414 e. The molecule has 0 amide bonds. The Bertz CT molecular complexity index is 850. The van der Waals surface area contributed by atoms with Crippen molar-refractivity contribution in [2.24, 2.45) is 0 Å². The third-order valence-electron chi connectivity index (χ3n) is 3.54. The Morgan fingerprint density at radius 1 is 0.857 bits per heavy atom. The SMILES string of the molecule is O=C(O)C(=O)O.c1ccc(COc2cccc(CNCc3ccco3)c2)cc1. The van der Waals surface area contributed by atoms with Gasteiger partial charge in [0, 0.05) is 6.54 Å². The first-order chi connectivity index (χ1) is 13.5. The molecule has 0 bridgehead atoms. The second-order valence-electron chi connectivity index (χ2n) is 5.71. The molecular weight excluding hydrogens is 362 g/mol. The van der Waals surface area contributed by atoms with Crippen LogP contribution in [0.25, 0.3) is 0 Å². The third kappa shape index (κ3) is 7.76. The van der Waals surface area contributed by atoms with Crippen LogP contribution in [0.5, 0.6) is 5.75 Å². The van der Waals surface area contributed by atoms with Gasteiger partial charge in [0.1, 0.15) is 18.1 Å². The number of carboxylic acid groups (broad SMARTS) is 2. The number of furan rings is 1. The molecule has 0 aliphatic heterocycles. The van der Waals surface area contributed by atoms with Gasteiger partial charge in [-0.3, -0.25) is 0 Å². The first-order valence-electron chi connectivity index (χ1n) is 8.49. The molecule has 0 saturated heterocycles. The summed E-state index contributed by atoms with van der Waals surface area (Å²) in [6, 6.07) is 22.2. The Morgan fingerprint density at radius 3 is 2.21 bits per heavy atom. The van der Waals surface area contributed by atoms with Gasteiger partial charge >= 0.3 is 11.9 Å². The molecule has 1 aromatic heterocycles. The van der Waals surface area contributed by atoms with Crippen LogP contribution in [0.4, 0.5) is 0 Å². The highest BCUT2D eigenvalue weighted by Gasteiger charge is 2.04. The molecule has 0 radical (unpaired) electrons. The monoisotopic (exact) mass is 383 g/mol. The summed E-state index contributed by atoms with van der Waals surface area (Å²) in [5.41, 5.74) is 2.36. The quantitative estimate of drug-likeness (QED) is 0.537. The van der Waals surface area contributed by atoms with Gasteiger partial charge in [-0.2, -0.15) is 0 Å². The molecule has 0 fully saturated rings. The molecule has 3 N–H and O–H groups in total. The number of aliphatic carboxylic acids is 2. The van der Waals surface area contributed by atoms with E-state index in [9.17, 15) is 0 Å². The lowest BCUT2D eigenvalue weighted by molar-refractivity contribution is -0.159. The van der Waals surface area contributed by atoms with Crippen molar-refractivity contribution in [2.45, 2.75) is 19.7 Å². The highest BCUT2D eigenvalue weighted by Crippen LogP contribution is 2.15. The number of rotatable bonds is 7. The largest absolute Gasteiger partial charge is 0.489 e. The van der Waals surface area contributed by atoms with Gasteiger partial charge in [0.2, 0.25) is 0 Å². The number of nitrogens with one attached hydrogen (secondary N) is 1. The van der Waals surface area contributed by atoms with Crippen molar-refractivity contribution in [1.29, 1.82) is 0 Å². The number of benzene rings is 2. The van der Waals surface area contributed by atoms with Crippen molar-refractivity contribution in [1.82, 2.24) is 5.32 Å². The summed E-state index contributed by atoms with van der Waals surface area (Å²) in [6.07, 6.45) is 1.69. The maximum Gasteiger partial charge on any atom is 0.414 e. The first kappa shape index (κ1) is 20.7. The second-order valence-corrected chi connectivity index (χ2v) is 5.71. The summed E-state index contributed by atoms with van der Waals surface area (Å²) >= 11 is 0. The first-order valence-corrected chi connectivity index (χ1v) is 8.49. The number of carboxylic acids is 2. The lowest BCUT2D eigenvalue weighted by Crippen LogP contribution is -2.12. The Labute approximate surface area is 162 Å². The predicted octanol–water partition coefficient (Wildman–Crippen LogP) is 3.30. The zero-order chi connectivity index (χ0) is 20.2. The van der Waals surface area contributed by atoms with Crippen LogP contribution in [0.2, 0.25) is 0 Å². The fraction of sp³-hybridized carbons (Fsp3) is 0.143. The molecule has 0 atom stereocenters. The molecule has 7 nitrogen and oxygen atoms in total. The van der Waals surface area contributed by atoms with Crippen LogP contribution >= 0.6 is 0 Å². The minimum atomic E-state index is -1.82. The van der Waals surface area contributed by atoms with Gasteiger partial charge in [0.05, 0.1) is 12.8 Å². The summed E-state index contributed by atoms with van der Waals surface area (Å²) in [6.45, 7) is 2.09. The molecule has 1 heterocycles. The van der Waals surface area contributed by atoms with Crippen LogP contribution in [0.15, 0.2) is 77.4 Å². The van der Waals surface area contributed by atoms with Crippen LogP contribution in [0.3, 0.4) is 0 Å². The van der Waals surface area contributed by atoms with Gasteiger partial charge in [-0.05, 0) is 35.4 Å².